The Morgan fingerprint density at radius 3 is 2.23 bits per heavy atom. The number of hydrogen-bond acceptors (Lipinski definition) is 4. The fraction of sp³-hybridized carbons (Fsp3) is 0.316. The molecule has 30 heavy (non-hydrogen) atoms. The van der Waals surface area contributed by atoms with Crippen LogP contribution in [-0.4, -0.2) is 56.3 Å². The van der Waals surface area contributed by atoms with Gasteiger partial charge in [-0.2, -0.15) is 17.5 Å². The average molecular weight is 446 g/mol. The van der Waals surface area contributed by atoms with E-state index in [1.807, 2.05) is 0 Å². The van der Waals surface area contributed by atoms with Crippen LogP contribution in [0.1, 0.15) is 5.56 Å². The number of hydrogen-bond donors (Lipinski definition) is 0. The highest BCUT2D eigenvalue weighted by molar-refractivity contribution is 7.89. The summed E-state index contributed by atoms with van der Waals surface area (Å²) < 4.78 is 83.2. The highest BCUT2D eigenvalue weighted by Crippen LogP contribution is 2.31. The second kappa shape index (κ2) is 8.60. The van der Waals surface area contributed by atoms with Crippen molar-refractivity contribution in [1.29, 1.82) is 0 Å². The van der Waals surface area contributed by atoms with Gasteiger partial charge < -0.3 is 9.64 Å². The van der Waals surface area contributed by atoms with Crippen molar-refractivity contribution in [2.45, 2.75) is 11.1 Å². The molecule has 0 spiro atoms. The van der Waals surface area contributed by atoms with Crippen LogP contribution in [0.2, 0.25) is 0 Å². The lowest BCUT2D eigenvalue weighted by atomic mass is 10.2. The van der Waals surface area contributed by atoms with E-state index in [1.165, 1.54) is 29.2 Å². The van der Waals surface area contributed by atoms with Crippen molar-refractivity contribution in [1.82, 2.24) is 9.21 Å². The summed E-state index contributed by atoms with van der Waals surface area (Å²) in [5.41, 5.74) is -1.05. The van der Waals surface area contributed by atoms with Crippen LogP contribution in [0, 0.1) is 5.82 Å². The predicted molar refractivity (Wildman–Crippen MR) is 98.7 cm³/mol. The first kappa shape index (κ1) is 22.0. The summed E-state index contributed by atoms with van der Waals surface area (Å²) in [6, 6.07) is 8.69. The van der Waals surface area contributed by atoms with Crippen molar-refractivity contribution in [3.05, 3.63) is 59.9 Å². The number of ether oxygens (including phenoxy) is 1. The maximum Gasteiger partial charge on any atom is 0.416 e. The van der Waals surface area contributed by atoms with Gasteiger partial charge in [0.05, 0.1) is 10.5 Å². The van der Waals surface area contributed by atoms with Crippen LogP contribution < -0.4 is 4.74 Å². The summed E-state index contributed by atoms with van der Waals surface area (Å²) in [6.07, 6.45) is -4.65. The van der Waals surface area contributed by atoms with E-state index >= 15 is 0 Å². The number of alkyl halides is 3. The second-order valence-corrected chi connectivity index (χ2v) is 8.49. The first-order chi connectivity index (χ1) is 14.1. The smallest absolute Gasteiger partial charge is 0.416 e. The molecule has 0 N–H and O–H groups in total. The fourth-order valence-corrected chi connectivity index (χ4v) is 4.40. The van der Waals surface area contributed by atoms with E-state index in [2.05, 4.69) is 0 Å². The van der Waals surface area contributed by atoms with Crippen molar-refractivity contribution in [3.8, 4) is 5.75 Å². The number of rotatable bonds is 5. The van der Waals surface area contributed by atoms with Gasteiger partial charge in [0.15, 0.2) is 6.61 Å². The number of sulfonamides is 1. The Balaban J connectivity index is 1.59. The first-order valence-electron chi connectivity index (χ1n) is 8.91. The van der Waals surface area contributed by atoms with E-state index in [4.69, 9.17) is 4.74 Å². The average Bonchev–Trinajstić information content (AvgIpc) is 2.72. The van der Waals surface area contributed by atoms with Crippen LogP contribution in [0.25, 0.3) is 0 Å². The molecule has 0 bridgehead atoms. The zero-order valence-electron chi connectivity index (χ0n) is 15.6. The molecule has 162 valence electrons. The summed E-state index contributed by atoms with van der Waals surface area (Å²) in [5.74, 6) is -0.502. The summed E-state index contributed by atoms with van der Waals surface area (Å²) in [5, 5.41) is 0. The van der Waals surface area contributed by atoms with E-state index in [0.717, 1.165) is 22.5 Å². The lowest BCUT2D eigenvalue weighted by molar-refractivity contribution is -0.138. The van der Waals surface area contributed by atoms with Gasteiger partial charge in [-0.25, -0.2) is 12.8 Å². The quantitative estimate of drug-likeness (QED) is 0.663. The number of carbonyl (C=O) groups is 1. The molecule has 1 amide bonds. The van der Waals surface area contributed by atoms with Gasteiger partial charge in [0.25, 0.3) is 5.91 Å². The molecule has 0 radical (unpaired) electrons. The van der Waals surface area contributed by atoms with Gasteiger partial charge in [0, 0.05) is 26.2 Å². The zero-order valence-corrected chi connectivity index (χ0v) is 16.4. The number of piperazine rings is 1. The predicted octanol–water partition coefficient (Wildman–Crippen LogP) is 2.76. The van der Waals surface area contributed by atoms with E-state index in [9.17, 15) is 30.8 Å². The third-order valence-corrected chi connectivity index (χ3v) is 6.46. The van der Waals surface area contributed by atoms with E-state index < -0.39 is 32.5 Å². The molecule has 0 aliphatic carbocycles. The Bertz CT molecular complexity index is 1000. The molecule has 2 aromatic rings. The monoisotopic (exact) mass is 446 g/mol. The molecule has 1 aliphatic heterocycles. The lowest BCUT2D eigenvalue weighted by Gasteiger charge is -2.34. The molecule has 0 aromatic heterocycles. The molecule has 0 unspecified atom stereocenters. The van der Waals surface area contributed by atoms with Gasteiger partial charge in [0.2, 0.25) is 10.0 Å². The third-order valence-electron chi connectivity index (χ3n) is 4.57. The van der Waals surface area contributed by atoms with Gasteiger partial charge in [0.1, 0.15) is 11.6 Å². The lowest BCUT2D eigenvalue weighted by Crippen LogP contribution is -2.51. The topological polar surface area (TPSA) is 66.9 Å². The van der Waals surface area contributed by atoms with Gasteiger partial charge in [-0.1, -0.05) is 6.07 Å². The maximum absolute atomic E-state index is 12.9. The molecule has 1 saturated heterocycles. The second-order valence-electron chi connectivity index (χ2n) is 6.55. The normalized spacial score (nSPS) is 15.8. The zero-order chi connectivity index (χ0) is 21.9. The van der Waals surface area contributed by atoms with Crippen molar-refractivity contribution >= 4 is 15.9 Å². The number of amides is 1. The van der Waals surface area contributed by atoms with Crippen LogP contribution in [0.15, 0.2) is 53.4 Å². The summed E-state index contributed by atoms with van der Waals surface area (Å²) >= 11 is 0. The summed E-state index contributed by atoms with van der Waals surface area (Å²) in [7, 11) is -4.12. The van der Waals surface area contributed by atoms with Crippen LogP contribution in [0.4, 0.5) is 17.6 Å². The van der Waals surface area contributed by atoms with Crippen molar-refractivity contribution in [3.63, 3.8) is 0 Å². The number of nitrogens with zero attached hydrogens (tertiary/aromatic N) is 2. The molecule has 0 saturated carbocycles. The molecular formula is C19H18F4N2O4S. The Morgan fingerprint density at radius 1 is 1.00 bits per heavy atom. The highest BCUT2D eigenvalue weighted by atomic mass is 32.2. The highest BCUT2D eigenvalue weighted by Gasteiger charge is 2.34. The van der Waals surface area contributed by atoms with E-state index in [-0.39, 0.29) is 38.7 Å². The van der Waals surface area contributed by atoms with Crippen LogP contribution in [0.3, 0.4) is 0 Å². The minimum Gasteiger partial charge on any atom is -0.484 e. The molecule has 0 atom stereocenters. The SMILES string of the molecule is O=C(COc1ccc(F)cc1)N1CCN(S(=O)(=O)c2cccc(C(F)(F)F)c2)CC1. The van der Waals surface area contributed by atoms with E-state index in [0.29, 0.717) is 11.8 Å². The van der Waals surface area contributed by atoms with Gasteiger partial charge in [-0.3, -0.25) is 4.79 Å². The van der Waals surface area contributed by atoms with Gasteiger partial charge in [-0.15, -0.1) is 0 Å². The molecule has 6 nitrogen and oxygen atoms in total. The molecular weight excluding hydrogens is 428 g/mol. The Kier molecular flexibility index (Phi) is 6.32. The summed E-state index contributed by atoms with van der Waals surface area (Å²) in [6.45, 7) is -0.263. The Labute approximate surface area is 170 Å². The maximum atomic E-state index is 12.9. The minimum atomic E-state index is -4.65. The van der Waals surface area contributed by atoms with Crippen molar-refractivity contribution < 1.29 is 35.5 Å². The number of carbonyl (C=O) groups excluding carboxylic acids is 1. The van der Waals surface area contributed by atoms with Gasteiger partial charge >= 0.3 is 6.18 Å². The molecule has 1 heterocycles. The number of benzene rings is 2. The third kappa shape index (κ3) is 5.08. The standard InChI is InChI=1S/C19H18F4N2O4S/c20-15-4-6-16(7-5-15)29-13-18(26)24-8-10-25(11-9-24)30(27,28)17-3-1-2-14(12-17)19(21,22)23/h1-7,12H,8-11,13H2. The molecule has 3 rings (SSSR count). The van der Waals surface area contributed by atoms with Crippen molar-refractivity contribution in [2.75, 3.05) is 32.8 Å². The Morgan fingerprint density at radius 2 is 1.63 bits per heavy atom. The molecule has 11 heteroatoms. The first-order valence-corrected chi connectivity index (χ1v) is 10.3. The largest absolute Gasteiger partial charge is 0.484 e. The molecule has 1 aliphatic rings. The Hall–Kier alpha value is -2.66. The van der Waals surface area contributed by atoms with Gasteiger partial charge in [-0.05, 0) is 42.5 Å². The molecule has 1 fully saturated rings. The fourth-order valence-electron chi connectivity index (χ4n) is 2.93. The van der Waals surface area contributed by atoms with Crippen molar-refractivity contribution in [2.24, 2.45) is 0 Å². The van der Waals surface area contributed by atoms with Crippen LogP contribution >= 0.6 is 0 Å². The minimum absolute atomic E-state index is 0.0547. The van der Waals surface area contributed by atoms with Crippen LogP contribution in [-0.2, 0) is 21.0 Å². The van der Waals surface area contributed by atoms with E-state index in [1.54, 1.807) is 0 Å². The number of halogens is 4. The summed E-state index contributed by atoms with van der Waals surface area (Å²) in [4.78, 5) is 13.2. The molecule has 2 aromatic carbocycles. The van der Waals surface area contributed by atoms with Crippen LogP contribution in [0.5, 0.6) is 5.75 Å².